The molecule has 2 rings (SSSR count). The van der Waals surface area contributed by atoms with Gasteiger partial charge in [0.05, 0.1) is 18.7 Å². The van der Waals surface area contributed by atoms with E-state index in [2.05, 4.69) is 11.1 Å². The number of carbonyl (C=O) groups is 1. The summed E-state index contributed by atoms with van der Waals surface area (Å²) in [6.07, 6.45) is 10.9. The normalized spacial score (nSPS) is 13.2. The molecule has 156 valence electrons. The summed E-state index contributed by atoms with van der Waals surface area (Å²) < 4.78 is 4.75. The Hall–Kier alpha value is -3.00. The average Bonchev–Trinajstić information content (AvgIpc) is 3.51. The lowest BCUT2D eigenvalue weighted by atomic mass is 9.80. The van der Waals surface area contributed by atoms with Crippen molar-refractivity contribution in [3.8, 4) is 12.5 Å². The third kappa shape index (κ3) is 9.66. The van der Waals surface area contributed by atoms with Crippen LogP contribution in [0.25, 0.3) is 0 Å². The number of rotatable bonds is 8. The zero-order valence-electron chi connectivity index (χ0n) is 16.7. The van der Waals surface area contributed by atoms with Crippen molar-refractivity contribution in [3.63, 3.8) is 0 Å². The number of hydrogen-bond acceptors (Lipinski definition) is 9. The van der Waals surface area contributed by atoms with Gasteiger partial charge in [-0.2, -0.15) is 10.1 Å². The van der Waals surface area contributed by atoms with Gasteiger partial charge in [-0.3, -0.25) is 4.79 Å². The van der Waals surface area contributed by atoms with Crippen LogP contribution in [-0.2, 0) is 9.53 Å². The van der Waals surface area contributed by atoms with Crippen LogP contribution in [-0.4, -0.2) is 48.0 Å². The number of allylic oxidation sites excluding steroid dienone is 1. The molecule has 0 unspecified atom stereocenters. The standard InChI is InChI=1S/C13H15BN2O4.C6H13N3/c1-3-16(15-9-8-13(17)20-4-2)12-7-5-6-11(10-12)14(18)19;1-9(8)4-6(7)5-2-3-5/h1,5-7,9-10,18-19H,4,8H2,2H3;4-5H,2-3,7-8H2,1H3/b15-9-;6-4-. The molecule has 1 saturated carbocycles. The molecule has 29 heavy (non-hydrogen) atoms. The molecule has 0 aliphatic heterocycles. The summed E-state index contributed by atoms with van der Waals surface area (Å²) in [6, 6.07) is 8.63. The molecule has 0 heterocycles. The van der Waals surface area contributed by atoms with Gasteiger partial charge in [-0.25, -0.2) is 5.84 Å². The molecule has 1 aliphatic rings. The summed E-state index contributed by atoms with van der Waals surface area (Å²) in [5, 5.41) is 24.8. The molecule has 0 spiro atoms. The molecule has 0 bridgehead atoms. The lowest BCUT2D eigenvalue weighted by Crippen LogP contribution is -2.30. The highest BCUT2D eigenvalue weighted by Crippen LogP contribution is 2.33. The molecular weight excluding hydrogens is 373 g/mol. The highest BCUT2D eigenvalue weighted by molar-refractivity contribution is 6.58. The Morgan fingerprint density at radius 3 is 2.69 bits per heavy atom. The number of esters is 1. The van der Waals surface area contributed by atoms with Crippen LogP contribution in [0, 0.1) is 18.4 Å². The molecule has 0 atom stereocenters. The van der Waals surface area contributed by atoms with Crippen molar-refractivity contribution in [2.45, 2.75) is 26.2 Å². The summed E-state index contributed by atoms with van der Waals surface area (Å²) in [7, 11) is 0.188. The predicted octanol–water partition coefficient (Wildman–Crippen LogP) is -0.295. The van der Waals surface area contributed by atoms with Crippen molar-refractivity contribution in [1.82, 2.24) is 5.01 Å². The first kappa shape index (κ1) is 24.0. The number of nitrogens with zero attached hydrogens (tertiary/aromatic N) is 3. The fourth-order valence-corrected chi connectivity index (χ4v) is 2.17. The maximum Gasteiger partial charge on any atom is 0.488 e. The number of hydrazone groups is 1. The molecular formula is C19H28BN5O4. The second-order valence-electron chi connectivity index (χ2n) is 6.29. The van der Waals surface area contributed by atoms with Gasteiger partial charge in [-0.1, -0.05) is 18.6 Å². The lowest BCUT2D eigenvalue weighted by molar-refractivity contribution is -0.141. The van der Waals surface area contributed by atoms with Gasteiger partial charge >= 0.3 is 13.1 Å². The summed E-state index contributed by atoms with van der Waals surface area (Å²) in [5.74, 6) is 5.56. The second-order valence-corrected chi connectivity index (χ2v) is 6.29. The lowest BCUT2D eigenvalue weighted by Gasteiger charge is -2.12. The number of benzene rings is 1. The number of carbonyl (C=O) groups excluding carboxylic acids is 1. The molecule has 0 radical (unpaired) electrons. The molecule has 1 aromatic carbocycles. The Bertz CT molecular complexity index is 757. The minimum atomic E-state index is -1.59. The largest absolute Gasteiger partial charge is 0.488 e. The molecule has 1 aliphatic carbocycles. The maximum absolute atomic E-state index is 11.1. The summed E-state index contributed by atoms with van der Waals surface area (Å²) in [5.41, 5.74) is 7.32. The van der Waals surface area contributed by atoms with Crippen LogP contribution in [0.5, 0.6) is 0 Å². The number of anilines is 1. The van der Waals surface area contributed by atoms with E-state index in [9.17, 15) is 4.79 Å². The minimum Gasteiger partial charge on any atom is -0.466 e. The molecule has 9 nitrogen and oxygen atoms in total. The number of ether oxygens (including phenoxy) is 1. The van der Waals surface area contributed by atoms with E-state index in [4.69, 9.17) is 32.8 Å². The van der Waals surface area contributed by atoms with Crippen molar-refractivity contribution in [3.05, 3.63) is 36.2 Å². The van der Waals surface area contributed by atoms with Crippen LogP contribution in [0.15, 0.2) is 41.3 Å². The average molecular weight is 401 g/mol. The maximum atomic E-state index is 11.1. The Morgan fingerprint density at radius 2 is 2.17 bits per heavy atom. The van der Waals surface area contributed by atoms with Crippen molar-refractivity contribution in [2.24, 2.45) is 22.6 Å². The van der Waals surface area contributed by atoms with Gasteiger partial charge in [0.25, 0.3) is 0 Å². The van der Waals surface area contributed by atoms with Crippen molar-refractivity contribution in [2.75, 3.05) is 18.7 Å². The van der Waals surface area contributed by atoms with E-state index >= 15 is 0 Å². The first-order valence-electron chi connectivity index (χ1n) is 9.13. The van der Waals surface area contributed by atoms with E-state index < -0.39 is 13.1 Å². The summed E-state index contributed by atoms with van der Waals surface area (Å²) >= 11 is 0. The summed E-state index contributed by atoms with van der Waals surface area (Å²) in [4.78, 5) is 11.1. The van der Waals surface area contributed by atoms with E-state index in [-0.39, 0.29) is 6.42 Å². The minimum absolute atomic E-state index is 0.00827. The monoisotopic (exact) mass is 401 g/mol. The Labute approximate surface area is 171 Å². The highest BCUT2D eigenvalue weighted by atomic mass is 16.5. The Morgan fingerprint density at radius 1 is 1.48 bits per heavy atom. The number of hydrazine groups is 1. The molecule has 1 fully saturated rings. The predicted molar refractivity (Wildman–Crippen MR) is 114 cm³/mol. The van der Waals surface area contributed by atoms with Crippen LogP contribution in [0.1, 0.15) is 26.2 Å². The first-order chi connectivity index (χ1) is 13.8. The van der Waals surface area contributed by atoms with E-state index in [1.807, 2.05) is 0 Å². The number of nitrogens with two attached hydrogens (primary N) is 2. The topological polar surface area (TPSA) is 138 Å². The highest BCUT2D eigenvalue weighted by Gasteiger charge is 2.23. The first-order valence-corrected chi connectivity index (χ1v) is 9.13. The van der Waals surface area contributed by atoms with Crippen LogP contribution < -0.4 is 22.0 Å². The number of hydrogen-bond donors (Lipinski definition) is 4. The van der Waals surface area contributed by atoms with Crippen LogP contribution in [0.3, 0.4) is 0 Å². The van der Waals surface area contributed by atoms with E-state index in [0.717, 1.165) is 5.70 Å². The second kappa shape index (κ2) is 12.5. The zero-order valence-corrected chi connectivity index (χ0v) is 16.7. The third-order valence-electron chi connectivity index (χ3n) is 3.70. The van der Waals surface area contributed by atoms with Gasteiger partial charge in [-0.15, -0.1) is 0 Å². The van der Waals surface area contributed by atoms with Crippen molar-refractivity contribution >= 4 is 30.5 Å². The van der Waals surface area contributed by atoms with E-state index in [1.54, 1.807) is 38.4 Å². The van der Waals surface area contributed by atoms with E-state index in [0.29, 0.717) is 23.7 Å². The van der Waals surface area contributed by atoms with E-state index in [1.165, 1.54) is 35.1 Å². The Balaban J connectivity index is 0.000000387. The molecule has 0 saturated heterocycles. The van der Waals surface area contributed by atoms with Gasteiger partial charge in [0, 0.05) is 37.1 Å². The van der Waals surface area contributed by atoms with Crippen LogP contribution in [0.2, 0.25) is 0 Å². The van der Waals surface area contributed by atoms with Gasteiger partial charge in [-0.05, 0) is 37.4 Å². The molecule has 0 aromatic heterocycles. The molecule has 10 heteroatoms. The molecule has 1 aromatic rings. The molecule has 6 N–H and O–H groups in total. The Kier molecular flexibility index (Phi) is 10.3. The van der Waals surface area contributed by atoms with Crippen LogP contribution >= 0.6 is 0 Å². The zero-order chi connectivity index (χ0) is 21.8. The van der Waals surface area contributed by atoms with Gasteiger partial charge in [0.15, 0.2) is 0 Å². The van der Waals surface area contributed by atoms with Crippen molar-refractivity contribution in [1.29, 1.82) is 0 Å². The van der Waals surface area contributed by atoms with Gasteiger partial charge in [0.1, 0.15) is 0 Å². The number of terminal acetylenes is 1. The van der Waals surface area contributed by atoms with Gasteiger partial charge < -0.3 is 25.5 Å². The van der Waals surface area contributed by atoms with Gasteiger partial charge in [0.2, 0.25) is 0 Å². The quantitative estimate of drug-likeness (QED) is 0.0887. The summed E-state index contributed by atoms with van der Waals surface area (Å²) in [6.45, 7) is 2.02. The third-order valence-corrected chi connectivity index (χ3v) is 3.70. The fourth-order valence-electron chi connectivity index (χ4n) is 2.17. The fraction of sp³-hybridized carbons (Fsp3) is 0.368. The molecule has 0 amide bonds. The SMILES string of the molecule is C#CN(/N=C\CC(=O)OCC)c1cccc(B(O)O)c1.CN(N)/C=C(\N)C1CC1. The smallest absolute Gasteiger partial charge is 0.466 e. The van der Waals surface area contributed by atoms with Crippen LogP contribution in [0.4, 0.5) is 5.69 Å². The van der Waals surface area contributed by atoms with Crippen molar-refractivity contribution < 1.29 is 19.6 Å².